The van der Waals surface area contributed by atoms with Gasteiger partial charge in [0.15, 0.2) is 0 Å². The van der Waals surface area contributed by atoms with Gasteiger partial charge in [-0.3, -0.25) is 0 Å². The third kappa shape index (κ3) is 3.39. The maximum absolute atomic E-state index is 8.40. The minimum atomic E-state index is -0.126. The zero-order chi connectivity index (χ0) is 13.0. The summed E-state index contributed by atoms with van der Waals surface area (Å²) < 4.78 is 13.6. The van der Waals surface area contributed by atoms with Crippen LogP contribution in [0.25, 0.3) is 0 Å². The Kier molecular flexibility index (Phi) is 3.83. The fourth-order valence-corrected chi connectivity index (χ4v) is 2.50. The van der Waals surface area contributed by atoms with Crippen LogP contribution in [0.1, 0.15) is 33.5 Å². The van der Waals surface area contributed by atoms with E-state index in [2.05, 4.69) is 4.90 Å². The lowest BCUT2D eigenvalue weighted by atomic mass is 9.89. The number of hydrogen-bond acceptors (Lipinski definition) is 2. The lowest BCUT2D eigenvalue weighted by molar-refractivity contribution is 0.362. The highest BCUT2D eigenvalue weighted by atomic mass is 16.5. The number of hydrogen-bond donors (Lipinski definition) is 0. The van der Waals surface area contributed by atoms with Crippen molar-refractivity contribution in [2.75, 3.05) is 25.6 Å². The van der Waals surface area contributed by atoms with Crippen molar-refractivity contribution >= 4 is 5.69 Å². The lowest BCUT2D eigenvalue weighted by Crippen LogP contribution is -2.26. The number of methoxy groups -OCH3 is 1. The van der Waals surface area contributed by atoms with E-state index in [-0.39, 0.29) is 6.52 Å². The van der Waals surface area contributed by atoms with Crippen LogP contribution in [0.15, 0.2) is 24.3 Å². The maximum Gasteiger partial charge on any atom is 0.119 e. The summed E-state index contributed by atoms with van der Waals surface area (Å²) in [7, 11) is 3.70. The number of benzene rings is 1. The van der Waals surface area contributed by atoms with Crippen LogP contribution < -0.4 is 9.64 Å². The van der Waals surface area contributed by atoms with Crippen LogP contribution in [0.2, 0.25) is 0 Å². The Morgan fingerprint density at radius 3 is 2.47 bits per heavy atom. The van der Waals surface area contributed by atoms with Gasteiger partial charge in [-0.1, -0.05) is 19.3 Å². The zero-order valence-electron chi connectivity index (χ0n) is 11.9. The molecule has 0 heterocycles. The first-order valence-electron chi connectivity index (χ1n) is 7.09. The van der Waals surface area contributed by atoms with Crippen molar-refractivity contribution in [2.24, 2.45) is 5.92 Å². The molecule has 1 unspecified atom stereocenters. The Labute approximate surface area is 106 Å². The molecule has 1 aliphatic carbocycles. The zero-order valence-corrected chi connectivity index (χ0v) is 10.9. The molecule has 0 aromatic heterocycles. The topological polar surface area (TPSA) is 12.5 Å². The van der Waals surface area contributed by atoms with Crippen LogP contribution >= 0.6 is 0 Å². The van der Waals surface area contributed by atoms with Gasteiger partial charge in [0.2, 0.25) is 0 Å². The minimum absolute atomic E-state index is 0.126. The first-order valence-corrected chi connectivity index (χ1v) is 6.51. The quantitative estimate of drug-likeness (QED) is 0.787. The van der Waals surface area contributed by atoms with Gasteiger partial charge in [-0.05, 0) is 43.0 Å². The molecule has 2 nitrogen and oxygen atoms in total. The Morgan fingerprint density at radius 2 is 1.88 bits per heavy atom. The predicted molar refractivity (Wildman–Crippen MR) is 72.8 cm³/mol. The Morgan fingerprint density at radius 1 is 1.24 bits per heavy atom. The first kappa shape index (κ1) is 10.9. The highest BCUT2D eigenvalue weighted by Gasteiger charge is 2.15. The van der Waals surface area contributed by atoms with Gasteiger partial charge >= 0.3 is 0 Å². The van der Waals surface area contributed by atoms with E-state index < -0.39 is 0 Å². The largest absolute Gasteiger partial charge is 0.497 e. The maximum atomic E-state index is 8.40. The molecule has 0 radical (unpaired) electrons. The fourth-order valence-electron chi connectivity index (χ4n) is 2.50. The molecule has 2 heteroatoms. The van der Waals surface area contributed by atoms with Crippen LogP contribution in [-0.2, 0) is 0 Å². The summed E-state index contributed by atoms with van der Waals surface area (Å²) >= 11 is 0. The van der Waals surface area contributed by atoms with E-state index in [1.54, 1.807) is 7.11 Å². The van der Waals surface area contributed by atoms with E-state index in [0.29, 0.717) is 5.92 Å². The van der Waals surface area contributed by atoms with Crippen molar-refractivity contribution in [1.29, 1.82) is 0 Å². The van der Waals surface area contributed by atoms with Crippen molar-refractivity contribution in [3.05, 3.63) is 24.3 Å². The van der Waals surface area contributed by atoms with E-state index in [1.165, 1.54) is 32.1 Å². The van der Waals surface area contributed by atoms with Gasteiger partial charge < -0.3 is 9.64 Å². The highest BCUT2D eigenvalue weighted by Crippen LogP contribution is 2.26. The summed E-state index contributed by atoms with van der Waals surface area (Å²) in [4.78, 5) is 2.08. The second-order valence-corrected chi connectivity index (χ2v) is 4.86. The monoisotopic (exact) mass is 234 g/mol. The average Bonchev–Trinajstić information content (AvgIpc) is 2.47. The molecular formula is C15H23NO. The molecule has 1 aromatic rings. The summed E-state index contributed by atoms with van der Waals surface area (Å²) in [5, 5.41) is 0. The van der Waals surface area contributed by atoms with Gasteiger partial charge in [0, 0.05) is 20.6 Å². The highest BCUT2D eigenvalue weighted by molar-refractivity contribution is 5.48. The van der Waals surface area contributed by atoms with E-state index >= 15 is 0 Å². The van der Waals surface area contributed by atoms with Crippen LogP contribution in [0.5, 0.6) is 5.75 Å². The SMILES string of the molecule is [2H]C(C1CCCCC1)N(C)c1ccc(OC)cc1. The smallest absolute Gasteiger partial charge is 0.119 e. The minimum Gasteiger partial charge on any atom is -0.497 e. The van der Waals surface area contributed by atoms with Gasteiger partial charge in [-0.25, -0.2) is 0 Å². The van der Waals surface area contributed by atoms with Crippen LogP contribution in [0, 0.1) is 5.92 Å². The Hall–Kier alpha value is -1.18. The van der Waals surface area contributed by atoms with E-state index in [0.717, 1.165) is 11.4 Å². The van der Waals surface area contributed by atoms with Gasteiger partial charge in [0.25, 0.3) is 0 Å². The lowest BCUT2D eigenvalue weighted by Gasteiger charge is -2.28. The molecule has 1 saturated carbocycles. The predicted octanol–water partition coefficient (Wildman–Crippen LogP) is 3.71. The molecule has 0 bridgehead atoms. The molecule has 17 heavy (non-hydrogen) atoms. The third-order valence-electron chi connectivity index (χ3n) is 3.56. The summed E-state index contributed by atoms with van der Waals surface area (Å²) in [5.74, 6) is 1.39. The van der Waals surface area contributed by atoms with Gasteiger partial charge in [-0.15, -0.1) is 0 Å². The molecule has 0 saturated heterocycles. The summed E-state index contributed by atoms with van der Waals surface area (Å²) in [5.41, 5.74) is 1.10. The summed E-state index contributed by atoms with van der Waals surface area (Å²) in [6, 6.07) is 7.98. The van der Waals surface area contributed by atoms with Crippen molar-refractivity contribution in [2.45, 2.75) is 32.1 Å². The molecule has 1 aliphatic rings. The molecular weight excluding hydrogens is 210 g/mol. The second-order valence-electron chi connectivity index (χ2n) is 4.86. The van der Waals surface area contributed by atoms with Crippen molar-refractivity contribution in [1.82, 2.24) is 0 Å². The molecule has 0 N–H and O–H groups in total. The summed E-state index contributed by atoms with van der Waals surface area (Å²) in [6.07, 6.45) is 6.33. The Bertz CT molecular complexity index is 359. The van der Waals surface area contributed by atoms with Crippen LogP contribution in [-0.4, -0.2) is 20.7 Å². The third-order valence-corrected chi connectivity index (χ3v) is 3.56. The summed E-state index contributed by atoms with van der Waals surface area (Å²) in [6.45, 7) is -0.126. The Balaban J connectivity index is 2.01. The number of ether oxygens (including phenoxy) is 1. The first-order chi connectivity index (χ1) is 8.72. The molecule has 1 fully saturated rings. The van der Waals surface area contributed by atoms with Gasteiger partial charge in [-0.2, -0.15) is 0 Å². The number of rotatable bonds is 4. The van der Waals surface area contributed by atoms with Crippen LogP contribution in [0.4, 0.5) is 5.69 Å². The normalized spacial score (nSPS) is 19.5. The van der Waals surface area contributed by atoms with Crippen LogP contribution in [0.3, 0.4) is 0 Å². The molecule has 94 valence electrons. The molecule has 0 aliphatic heterocycles. The number of nitrogens with zero attached hydrogens (tertiary/aromatic N) is 1. The molecule has 0 amide bonds. The standard InChI is InChI=1S/C15H23NO/c1-16(12-13-6-4-3-5-7-13)14-8-10-15(17-2)11-9-14/h8-11,13H,3-7,12H2,1-2H3/i12D. The molecule has 1 aromatic carbocycles. The van der Waals surface area contributed by atoms with Gasteiger partial charge in [0.1, 0.15) is 5.75 Å². The van der Waals surface area contributed by atoms with Gasteiger partial charge in [0.05, 0.1) is 7.11 Å². The van der Waals surface area contributed by atoms with E-state index in [4.69, 9.17) is 6.11 Å². The van der Waals surface area contributed by atoms with E-state index in [1.807, 2.05) is 31.3 Å². The molecule has 2 rings (SSSR count). The van der Waals surface area contributed by atoms with Crippen molar-refractivity contribution < 1.29 is 6.11 Å². The molecule has 0 spiro atoms. The number of anilines is 1. The molecule has 1 atom stereocenters. The average molecular weight is 234 g/mol. The fraction of sp³-hybridized carbons (Fsp3) is 0.600. The van der Waals surface area contributed by atoms with Crippen molar-refractivity contribution in [3.63, 3.8) is 0 Å². The second kappa shape index (κ2) is 5.95. The van der Waals surface area contributed by atoms with Crippen molar-refractivity contribution in [3.8, 4) is 5.75 Å². The van der Waals surface area contributed by atoms with E-state index in [9.17, 15) is 0 Å².